The van der Waals surface area contributed by atoms with E-state index in [0.29, 0.717) is 12.8 Å². The zero-order valence-electron chi connectivity index (χ0n) is 16.7. The largest absolute Gasteiger partial charge is 0.347 e. The van der Waals surface area contributed by atoms with Crippen LogP contribution in [0.5, 0.6) is 0 Å². The van der Waals surface area contributed by atoms with Crippen LogP contribution in [0.1, 0.15) is 31.4 Å². The molecule has 30 heavy (non-hydrogen) atoms. The maximum atomic E-state index is 13.4. The van der Waals surface area contributed by atoms with Gasteiger partial charge in [-0.1, -0.05) is 78.5 Å². The molecule has 2 atom stereocenters. The highest BCUT2D eigenvalue weighted by atomic mass is 32.2. The van der Waals surface area contributed by atoms with E-state index < -0.39 is 4.87 Å². The van der Waals surface area contributed by atoms with Crippen molar-refractivity contribution in [3.05, 3.63) is 84.4 Å². The normalized spacial score (nSPS) is 20.6. The van der Waals surface area contributed by atoms with Gasteiger partial charge >= 0.3 is 0 Å². The van der Waals surface area contributed by atoms with Crippen molar-refractivity contribution in [2.45, 2.75) is 35.6 Å². The summed E-state index contributed by atoms with van der Waals surface area (Å²) in [5, 5.41) is 3.16. The molecule has 2 amide bonds. The number of carbonyl (C=O) groups is 2. The number of rotatable bonds is 4. The van der Waals surface area contributed by atoms with Crippen LogP contribution >= 0.6 is 11.8 Å². The van der Waals surface area contributed by atoms with E-state index in [1.165, 1.54) is 17.3 Å². The van der Waals surface area contributed by atoms with Crippen LogP contribution in [0.25, 0.3) is 11.1 Å². The van der Waals surface area contributed by atoms with Crippen molar-refractivity contribution in [3.8, 4) is 11.1 Å². The molecule has 2 aliphatic heterocycles. The molecule has 5 rings (SSSR count). The summed E-state index contributed by atoms with van der Waals surface area (Å²) in [6, 6.07) is 26.1. The Morgan fingerprint density at radius 3 is 2.40 bits per heavy atom. The number of thioether (sulfide) groups is 1. The minimum Gasteiger partial charge on any atom is -0.347 e. The average Bonchev–Trinajstić information content (AvgIpc) is 3.30. The van der Waals surface area contributed by atoms with Gasteiger partial charge in [0.05, 0.1) is 11.7 Å². The lowest BCUT2D eigenvalue weighted by Gasteiger charge is -2.31. The Morgan fingerprint density at radius 2 is 1.63 bits per heavy atom. The smallest absolute Gasteiger partial charge is 0.257 e. The van der Waals surface area contributed by atoms with E-state index in [0.717, 1.165) is 21.7 Å². The fourth-order valence-electron chi connectivity index (χ4n) is 4.29. The minimum absolute atomic E-state index is 0.0162. The van der Waals surface area contributed by atoms with E-state index in [2.05, 4.69) is 41.7 Å². The predicted octanol–water partition coefficient (Wildman–Crippen LogP) is 5.16. The molecule has 1 N–H and O–H groups in total. The minimum atomic E-state index is -0.876. The highest BCUT2D eigenvalue weighted by Crippen LogP contribution is 2.55. The molecule has 0 aromatic heterocycles. The number of nitrogens with one attached hydrogen (secondary N) is 1. The summed E-state index contributed by atoms with van der Waals surface area (Å²) in [4.78, 5) is 27.8. The molecule has 1 fully saturated rings. The van der Waals surface area contributed by atoms with Crippen molar-refractivity contribution in [2.24, 2.45) is 0 Å². The van der Waals surface area contributed by atoms with Crippen molar-refractivity contribution in [1.29, 1.82) is 0 Å². The lowest BCUT2D eigenvalue weighted by Crippen LogP contribution is -2.52. The van der Waals surface area contributed by atoms with Crippen LogP contribution < -0.4 is 10.2 Å². The van der Waals surface area contributed by atoms with Gasteiger partial charge in [0, 0.05) is 11.3 Å². The Bertz CT molecular complexity index is 1110. The second kappa shape index (κ2) is 7.33. The van der Waals surface area contributed by atoms with Crippen molar-refractivity contribution < 1.29 is 9.59 Å². The number of fused-ring (bicyclic) bond motifs is 3. The number of para-hydroxylation sites is 1. The van der Waals surface area contributed by atoms with E-state index >= 15 is 0 Å². The van der Waals surface area contributed by atoms with Crippen LogP contribution in [0.4, 0.5) is 5.69 Å². The Hall–Kier alpha value is -3.05. The summed E-state index contributed by atoms with van der Waals surface area (Å²) in [6.07, 6.45) is 0.922. The van der Waals surface area contributed by atoms with Gasteiger partial charge < -0.3 is 5.32 Å². The maximum Gasteiger partial charge on any atom is 0.257 e. The lowest BCUT2D eigenvalue weighted by atomic mass is 10.0. The Labute approximate surface area is 180 Å². The molecule has 3 aromatic rings. The van der Waals surface area contributed by atoms with Crippen molar-refractivity contribution >= 4 is 29.3 Å². The van der Waals surface area contributed by atoms with Crippen LogP contribution in [0.3, 0.4) is 0 Å². The summed E-state index contributed by atoms with van der Waals surface area (Å²) in [5.74, 6) is -0.0864. The maximum absolute atomic E-state index is 13.4. The molecule has 1 saturated heterocycles. The number of benzene rings is 3. The molecule has 0 saturated carbocycles. The van der Waals surface area contributed by atoms with Crippen molar-refractivity contribution in [2.75, 3.05) is 4.90 Å². The van der Waals surface area contributed by atoms with E-state index in [-0.39, 0.29) is 17.9 Å². The molecule has 150 valence electrons. The quantitative estimate of drug-likeness (QED) is 0.642. The third kappa shape index (κ3) is 3.01. The number of amides is 2. The molecule has 4 nitrogen and oxygen atoms in total. The summed E-state index contributed by atoms with van der Waals surface area (Å²) in [5.41, 5.74) is 4.20. The van der Waals surface area contributed by atoms with Gasteiger partial charge in [0.2, 0.25) is 5.91 Å². The van der Waals surface area contributed by atoms with E-state index in [1.54, 1.807) is 4.90 Å². The summed E-state index contributed by atoms with van der Waals surface area (Å²) in [6.45, 7) is 1.99. The summed E-state index contributed by atoms with van der Waals surface area (Å²) >= 11 is 1.50. The first-order valence-corrected chi connectivity index (χ1v) is 11.0. The van der Waals surface area contributed by atoms with Crippen LogP contribution in [0.15, 0.2) is 83.8 Å². The fourth-order valence-corrected chi connectivity index (χ4v) is 5.71. The van der Waals surface area contributed by atoms with Gasteiger partial charge in [0.15, 0.2) is 4.87 Å². The topological polar surface area (TPSA) is 49.4 Å². The standard InChI is InChI=1S/C25H22N2O2S/c1-17(18-11-13-20(14-12-18)19-7-3-2-4-8-19)26-24(29)25-16-15-23(28)27(25)21-9-5-6-10-22(21)30-25/h2-14,17H,15-16H2,1H3,(H,26,29). The highest BCUT2D eigenvalue weighted by molar-refractivity contribution is 8.02. The Kier molecular flexibility index (Phi) is 4.63. The third-order valence-corrected chi connectivity index (χ3v) is 7.37. The number of hydrogen-bond donors (Lipinski definition) is 1. The first kappa shape index (κ1) is 18.9. The first-order valence-electron chi connectivity index (χ1n) is 10.2. The fraction of sp³-hybridized carbons (Fsp3) is 0.200. The molecule has 2 unspecified atom stereocenters. The SMILES string of the molecule is CC(NC(=O)C12CCC(=O)N1c1ccccc1S2)c1ccc(-c2ccccc2)cc1. The Balaban J connectivity index is 1.36. The van der Waals surface area contributed by atoms with Crippen LogP contribution in [0, 0.1) is 0 Å². The van der Waals surface area contributed by atoms with Gasteiger partial charge in [-0.15, -0.1) is 0 Å². The molecular formula is C25H22N2O2S. The van der Waals surface area contributed by atoms with Crippen molar-refractivity contribution in [1.82, 2.24) is 5.32 Å². The van der Waals surface area contributed by atoms with Gasteiger partial charge in [0.1, 0.15) is 0 Å². The van der Waals surface area contributed by atoms with E-state index in [4.69, 9.17) is 0 Å². The molecule has 2 aliphatic rings. The molecule has 0 bridgehead atoms. The number of hydrogen-bond acceptors (Lipinski definition) is 3. The first-order chi connectivity index (χ1) is 14.6. The number of carbonyl (C=O) groups excluding carboxylic acids is 2. The zero-order valence-corrected chi connectivity index (χ0v) is 17.5. The van der Waals surface area contributed by atoms with Crippen LogP contribution in [-0.2, 0) is 9.59 Å². The highest BCUT2D eigenvalue weighted by Gasteiger charge is 2.57. The second-order valence-corrected chi connectivity index (χ2v) is 9.09. The summed E-state index contributed by atoms with van der Waals surface area (Å²) in [7, 11) is 0. The molecule has 5 heteroatoms. The van der Waals surface area contributed by atoms with E-state index in [1.807, 2.05) is 49.4 Å². The molecular weight excluding hydrogens is 392 g/mol. The monoisotopic (exact) mass is 414 g/mol. The molecule has 3 aromatic carbocycles. The molecule has 2 heterocycles. The van der Waals surface area contributed by atoms with Gasteiger partial charge in [-0.2, -0.15) is 0 Å². The van der Waals surface area contributed by atoms with Gasteiger partial charge in [-0.3, -0.25) is 14.5 Å². The van der Waals surface area contributed by atoms with Crippen molar-refractivity contribution in [3.63, 3.8) is 0 Å². The van der Waals surface area contributed by atoms with Crippen LogP contribution in [0.2, 0.25) is 0 Å². The van der Waals surface area contributed by atoms with Gasteiger partial charge in [0.25, 0.3) is 5.91 Å². The third-order valence-electron chi connectivity index (χ3n) is 5.89. The van der Waals surface area contributed by atoms with Crippen LogP contribution in [-0.4, -0.2) is 16.7 Å². The van der Waals surface area contributed by atoms with Gasteiger partial charge in [-0.05, 0) is 42.2 Å². The number of anilines is 1. The molecule has 0 spiro atoms. The summed E-state index contributed by atoms with van der Waals surface area (Å²) < 4.78 is 0. The second-order valence-electron chi connectivity index (χ2n) is 7.77. The van der Waals surface area contributed by atoms with E-state index in [9.17, 15) is 9.59 Å². The predicted molar refractivity (Wildman–Crippen MR) is 120 cm³/mol. The average molecular weight is 415 g/mol. The zero-order chi connectivity index (χ0) is 20.7. The Morgan fingerprint density at radius 1 is 0.967 bits per heavy atom. The lowest BCUT2D eigenvalue weighted by molar-refractivity contribution is -0.125. The number of nitrogens with zero attached hydrogens (tertiary/aromatic N) is 1. The molecule has 0 aliphatic carbocycles. The molecule has 0 radical (unpaired) electrons. The van der Waals surface area contributed by atoms with Gasteiger partial charge in [-0.25, -0.2) is 0 Å².